The number of carbonyl (C=O) groups is 2. The fraction of sp³-hybridized carbons (Fsp3) is 0.500. The second-order valence-electron chi connectivity index (χ2n) is 1.56. The van der Waals surface area contributed by atoms with E-state index < -0.39 is 16.0 Å². The van der Waals surface area contributed by atoms with E-state index >= 15 is 0 Å². The molecule has 0 rings (SSSR count). The fourth-order valence-corrected chi connectivity index (χ4v) is 0.317. The van der Waals surface area contributed by atoms with Crippen LogP contribution in [0.3, 0.4) is 0 Å². The van der Waals surface area contributed by atoms with Gasteiger partial charge in [0.15, 0.2) is 0 Å². The number of alkyl halides is 3. The van der Waals surface area contributed by atoms with Crippen LogP contribution in [0.15, 0.2) is 0 Å². The Hall–Kier alpha value is -0.590. The van der Waals surface area contributed by atoms with E-state index in [-0.39, 0.29) is 6.61 Å². The number of carbonyl (C=O) groups excluding carboxylic acids is 1. The molecular formula is C4H7Cl3N2O4. The van der Waals surface area contributed by atoms with Gasteiger partial charge in [-0.05, 0) is 0 Å². The van der Waals surface area contributed by atoms with Crippen LogP contribution in [0.25, 0.3) is 0 Å². The second kappa shape index (κ2) is 6.88. The van der Waals surface area contributed by atoms with E-state index in [1.807, 2.05) is 0 Å². The first-order chi connectivity index (χ1) is 5.65. The molecule has 78 valence electrons. The van der Waals surface area contributed by atoms with Gasteiger partial charge in [-0.25, -0.2) is 9.59 Å². The average Bonchev–Trinajstić information content (AvgIpc) is 1.80. The van der Waals surface area contributed by atoms with Crippen LogP contribution in [0.2, 0.25) is 0 Å². The lowest BCUT2D eigenvalue weighted by molar-refractivity contribution is 0.159. The van der Waals surface area contributed by atoms with Crippen molar-refractivity contribution in [1.82, 2.24) is 0 Å². The van der Waals surface area contributed by atoms with Crippen LogP contribution in [0.4, 0.5) is 9.59 Å². The monoisotopic (exact) mass is 252 g/mol. The molecule has 6 nitrogen and oxygen atoms in total. The Morgan fingerprint density at radius 1 is 1.31 bits per heavy atom. The number of ether oxygens (including phenoxy) is 1. The summed E-state index contributed by atoms with van der Waals surface area (Å²) in [6.07, 6.45) is -2.29. The highest BCUT2D eigenvalue weighted by Crippen LogP contribution is 2.25. The van der Waals surface area contributed by atoms with Crippen molar-refractivity contribution in [2.24, 2.45) is 11.5 Å². The molecule has 0 aliphatic carbocycles. The topological polar surface area (TPSA) is 116 Å². The Morgan fingerprint density at radius 3 is 1.69 bits per heavy atom. The maximum Gasteiger partial charge on any atom is 0.404 e. The first-order valence-electron chi connectivity index (χ1n) is 2.62. The molecule has 0 aromatic rings. The quantitative estimate of drug-likeness (QED) is 0.606. The van der Waals surface area contributed by atoms with Crippen molar-refractivity contribution in [2.75, 3.05) is 6.61 Å². The summed E-state index contributed by atoms with van der Waals surface area (Å²) in [6.45, 7) is -0.326. The van der Waals surface area contributed by atoms with Gasteiger partial charge in [0, 0.05) is 0 Å². The Balaban J connectivity index is 0. The molecule has 0 aliphatic heterocycles. The molecule has 9 heteroatoms. The smallest absolute Gasteiger partial charge is 0.404 e. The van der Waals surface area contributed by atoms with E-state index in [0.29, 0.717) is 0 Å². The minimum absolute atomic E-state index is 0.326. The molecule has 0 bridgehead atoms. The van der Waals surface area contributed by atoms with Gasteiger partial charge in [-0.2, -0.15) is 0 Å². The van der Waals surface area contributed by atoms with Gasteiger partial charge in [-0.3, -0.25) is 0 Å². The number of nitrogens with two attached hydrogens (primary N) is 2. The molecule has 0 radical (unpaired) electrons. The summed E-state index contributed by atoms with van der Waals surface area (Å²) in [5, 5.41) is 7.19. The molecular weight excluding hydrogens is 246 g/mol. The Labute approximate surface area is 88.7 Å². The maximum absolute atomic E-state index is 9.87. The average molecular weight is 253 g/mol. The molecule has 0 saturated carbocycles. The number of halogens is 3. The lowest BCUT2D eigenvalue weighted by Crippen LogP contribution is -2.21. The molecule has 0 aromatic heterocycles. The van der Waals surface area contributed by atoms with Gasteiger partial charge < -0.3 is 21.3 Å². The molecule has 2 amide bonds. The van der Waals surface area contributed by atoms with Crippen LogP contribution in [-0.2, 0) is 4.74 Å². The van der Waals surface area contributed by atoms with Crippen LogP contribution >= 0.6 is 34.8 Å². The Bertz CT molecular complexity index is 177. The van der Waals surface area contributed by atoms with Crippen LogP contribution in [0.5, 0.6) is 0 Å². The van der Waals surface area contributed by atoms with Gasteiger partial charge in [0.2, 0.25) is 3.79 Å². The van der Waals surface area contributed by atoms with Crippen molar-refractivity contribution in [3.8, 4) is 0 Å². The minimum Gasteiger partial charge on any atom is -0.465 e. The second-order valence-corrected chi connectivity index (χ2v) is 4.08. The van der Waals surface area contributed by atoms with Gasteiger partial charge in [0.1, 0.15) is 6.61 Å². The fourth-order valence-electron chi connectivity index (χ4n) is 0.153. The molecule has 0 fully saturated rings. The van der Waals surface area contributed by atoms with Crippen molar-refractivity contribution >= 4 is 47.0 Å². The van der Waals surface area contributed by atoms with E-state index in [2.05, 4.69) is 16.2 Å². The maximum atomic E-state index is 9.87. The normalized spacial score (nSPS) is 9.46. The molecule has 0 saturated heterocycles. The van der Waals surface area contributed by atoms with Crippen molar-refractivity contribution < 1.29 is 19.4 Å². The van der Waals surface area contributed by atoms with Crippen LogP contribution in [0.1, 0.15) is 0 Å². The number of hydrogen-bond acceptors (Lipinski definition) is 3. The largest absolute Gasteiger partial charge is 0.465 e. The third-order valence-corrected chi connectivity index (χ3v) is 0.705. The molecule has 0 heterocycles. The highest BCUT2D eigenvalue weighted by molar-refractivity contribution is 6.67. The van der Waals surface area contributed by atoms with E-state index in [9.17, 15) is 4.79 Å². The minimum atomic E-state index is -1.57. The van der Waals surface area contributed by atoms with Gasteiger partial charge in [-0.1, -0.05) is 34.8 Å². The van der Waals surface area contributed by atoms with E-state index in [0.717, 1.165) is 0 Å². The summed E-state index contributed by atoms with van der Waals surface area (Å²) in [5.74, 6) is 0. The van der Waals surface area contributed by atoms with Crippen molar-refractivity contribution in [3.63, 3.8) is 0 Å². The van der Waals surface area contributed by atoms with Gasteiger partial charge in [0.25, 0.3) is 0 Å². The highest BCUT2D eigenvalue weighted by atomic mass is 35.6. The molecule has 0 atom stereocenters. The summed E-state index contributed by atoms with van der Waals surface area (Å²) < 4.78 is 2.57. The van der Waals surface area contributed by atoms with Crippen LogP contribution in [0, 0.1) is 0 Å². The van der Waals surface area contributed by atoms with Crippen LogP contribution < -0.4 is 11.5 Å². The van der Waals surface area contributed by atoms with Crippen molar-refractivity contribution in [3.05, 3.63) is 0 Å². The third-order valence-electron chi connectivity index (χ3n) is 0.378. The molecule has 0 unspecified atom stereocenters. The number of rotatable bonds is 1. The summed E-state index contributed by atoms with van der Waals surface area (Å²) in [6, 6.07) is 0. The number of primary amides is 2. The SMILES string of the molecule is NC(=O)O.NC(=O)OCC(Cl)(Cl)Cl. The van der Waals surface area contributed by atoms with Gasteiger partial charge >= 0.3 is 12.2 Å². The lowest BCUT2D eigenvalue weighted by Gasteiger charge is -2.08. The summed E-state index contributed by atoms with van der Waals surface area (Å²) >= 11 is 15.5. The predicted octanol–water partition coefficient (Wildman–Crippen LogP) is 1.08. The molecule has 0 aromatic carbocycles. The highest BCUT2D eigenvalue weighted by Gasteiger charge is 2.20. The zero-order valence-electron chi connectivity index (χ0n) is 6.17. The third kappa shape index (κ3) is 34.5. The zero-order valence-corrected chi connectivity index (χ0v) is 8.44. The number of amides is 2. The van der Waals surface area contributed by atoms with Crippen LogP contribution in [-0.4, -0.2) is 27.7 Å². The van der Waals surface area contributed by atoms with Gasteiger partial charge in [-0.15, -0.1) is 0 Å². The summed E-state index contributed by atoms with van der Waals surface area (Å²) in [7, 11) is 0. The standard InChI is InChI=1S/C3H4Cl3NO2.CH3NO2/c4-3(5,6)1-9-2(7)8;2-1(3)4/h1H2,(H2,7,8);2H2,(H,3,4). The first kappa shape index (κ1) is 14.9. The van der Waals surface area contributed by atoms with E-state index in [1.54, 1.807) is 0 Å². The summed E-state index contributed by atoms with van der Waals surface area (Å²) in [5.41, 5.74) is 8.59. The predicted molar refractivity (Wildman–Crippen MR) is 48.0 cm³/mol. The zero-order chi connectivity index (χ0) is 11.1. The lowest BCUT2D eigenvalue weighted by atomic mass is 10.8. The number of hydrogen-bond donors (Lipinski definition) is 3. The van der Waals surface area contributed by atoms with Crippen molar-refractivity contribution in [2.45, 2.75) is 3.79 Å². The first-order valence-corrected chi connectivity index (χ1v) is 3.76. The van der Waals surface area contributed by atoms with Crippen molar-refractivity contribution in [1.29, 1.82) is 0 Å². The molecule has 0 spiro atoms. The number of carboxylic acid groups (broad SMARTS) is 1. The molecule has 0 aliphatic rings. The van der Waals surface area contributed by atoms with Gasteiger partial charge in [0.05, 0.1) is 0 Å². The molecule has 5 N–H and O–H groups in total. The molecule has 13 heavy (non-hydrogen) atoms. The Kier molecular flexibility index (Phi) is 7.89. The van der Waals surface area contributed by atoms with E-state index in [4.69, 9.17) is 44.7 Å². The Morgan fingerprint density at radius 2 is 1.62 bits per heavy atom. The van der Waals surface area contributed by atoms with E-state index in [1.165, 1.54) is 0 Å². The summed E-state index contributed by atoms with van der Waals surface area (Å²) in [4.78, 5) is 18.6.